The second-order valence-corrected chi connectivity index (χ2v) is 6.46. The van der Waals surface area contributed by atoms with E-state index in [1.807, 2.05) is 32.2 Å². The second kappa shape index (κ2) is 4.48. The summed E-state index contributed by atoms with van der Waals surface area (Å²) in [7, 11) is 0. The van der Waals surface area contributed by atoms with Crippen molar-refractivity contribution in [2.75, 3.05) is 5.32 Å². The highest BCUT2D eigenvalue weighted by Crippen LogP contribution is 2.24. The van der Waals surface area contributed by atoms with Crippen LogP contribution in [0.25, 0.3) is 0 Å². The Bertz CT molecular complexity index is 330. The molecule has 5 heteroatoms. The molecule has 0 bridgehead atoms. The largest absolute Gasteiger partial charge is 0.444 e. The molecule has 0 unspecified atom stereocenters. The maximum absolute atomic E-state index is 11.3. The lowest BCUT2D eigenvalue weighted by molar-refractivity contribution is 0.0636. The van der Waals surface area contributed by atoms with Gasteiger partial charge in [0.05, 0.1) is 8.57 Å². The van der Waals surface area contributed by atoms with Gasteiger partial charge in [0.2, 0.25) is 0 Å². The van der Waals surface area contributed by atoms with Crippen molar-refractivity contribution in [1.29, 1.82) is 0 Å². The van der Waals surface area contributed by atoms with Crippen molar-refractivity contribution >= 4 is 45.7 Å². The molecular weight excluding hydrogens is 313 g/mol. The molecule has 1 aromatic heterocycles. The summed E-state index contributed by atoms with van der Waals surface area (Å²) in [6.07, 6.45) is -0.409. The summed E-state index contributed by atoms with van der Waals surface area (Å²) in [4.78, 5) is 11.3. The van der Waals surface area contributed by atoms with Gasteiger partial charge in [-0.25, -0.2) is 4.79 Å². The molecule has 0 fully saturated rings. The molecule has 0 radical (unpaired) electrons. The van der Waals surface area contributed by atoms with Gasteiger partial charge in [0.1, 0.15) is 5.60 Å². The van der Waals surface area contributed by atoms with Crippen molar-refractivity contribution in [1.82, 2.24) is 0 Å². The van der Waals surface area contributed by atoms with Gasteiger partial charge in [0.25, 0.3) is 0 Å². The molecule has 1 rings (SSSR count). The fraction of sp³-hybridized carbons (Fsp3) is 0.444. The van der Waals surface area contributed by atoms with Crippen molar-refractivity contribution in [2.45, 2.75) is 26.4 Å². The lowest BCUT2D eigenvalue weighted by Crippen LogP contribution is -2.27. The Balaban J connectivity index is 2.54. The Morgan fingerprint density at radius 2 is 2.21 bits per heavy atom. The van der Waals surface area contributed by atoms with E-state index in [0.29, 0.717) is 0 Å². The minimum atomic E-state index is -0.453. The number of hydrogen-bond acceptors (Lipinski definition) is 3. The average Bonchev–Trinajstić information content (AvgIpc) is 2.32. The Kier molecular flexibility index (Phi) is 3.77. The summed E-state index contributed by atoms with van der Waals surface area (Å²) in [6.45, 7) is 5.52. The first-order valence-electron chi connectivity index (χ1n) is 4.11. The summed E-state index contributed by atoms with van der Waals surface area (Å²) in [6, 6.07) is 1.86. The van der Waals surface area contributed by atoms with E-state index in [-0.39, 0.29) is 0 Å². The minimum absolute atomic E-state index is 0.409. The zero-order valence-electron chi connectivity index (χ0n) is 8.26. The summed E-state index contributed by atoms with van der Waals surface area (Å²) in [5.74, 6) is 0. The molecule has 0 aromatic carbocycles. The molecule has 1 N–H and O–H groups in total. The van der Waals surface area contributed by atoms with Crippen molar-refractivity contribution in [3.63, 3.8) is 0 Å². The third kappa shape index (κ3) is 3.83. The zero-order valence-corrected chi connectivity index (χ0v) is 11.2. The lowest BCUT2D eigenvalue weighted by Gasteiger charge is -2.19. The Morgan fingerprint density at radius 1 is 1.57 bits per heavy atom. The van der Waals surface area contributed by atoms with Crippen LogP contribution >= 0.6 is 33.9 Å². The standard InChI is InChI=1S/C9H12INO2S/c1-9(2,3)13-8(12)11-6-4-5-14-7(6)10/h4-5H,1-3H3,(H,11,12). The van der Waals surface area contributed by atoms with E-state index >= 15 is 0 Å². The molecule has 78 valence electrons. The molecule has 1 amide bonds. The van der Waals surface area contributed by atoms with Crippen molar-refractivity contribution < 1.29 is 9.53 Å². The number of carbonyl (C=O) groups excluding carboxylic acids is 1. The van der Waals surface area contributed by atoms with Crippen LogP contribution in [0.15, 0.2) is 11.4 Å². The topological polar surface area (TPSA) is 38.3 Å². The Labute approximate surface area is 101 Å². The highest BCUT2D eigenvalue weighted by atomic mass is 127. The summed E-state index contributed by atoms with van der Waals surface area (Å²) >= 11 is 3.76. The van der Waals surface area contributed by atoms with E-state index in [2.05, 4.69) is 27.9 Å². The molecule has 0 aliphatic heterocycles. The van der Waals surface area contributed by atoms with E-state index in [9.17, 15) is 4.79 Å². The SMILES string of the molecule is CC(C)(C)OC(=O)Nc1ccsc1I. The highest BCUT2D eigenvalue weighted by molar-refractivity contribution is 14.1. The number of carbonyl (C=O) groups is 1. The molecule has 14 heavy (non-hydrogen) atoms. The van der Waals surface area contributed by atoms with E-state index in [1.165, 1.54) is 0 Å². The van der Waals surface area contributed by atoms with E-state index in [0.717, 1.165) is 8.57 Å². The first-order valence-corrected chi connectivity index (χ1v) is 6.07. The highest BCUT2D eigenvalue weighted by Gasteiger charge is 2.16. The van der Waals surface area contributed by atoms with Crippen LogP contribution in [0.2, 0.25) is 0 Å². The van der Waals surface area contributed by atoms with Crippen LogP contribution in [0.1, 0.15) is 20.8 Å². The Hall–Kier alpha value is -0.300. The third-order valence-electron chi connectivity index (χ3n) is 1.25. The number of halogens is 1. The fourth-order valence-corrected chi connectivity index (χ4v) is 2.12. The first kappa shape index (κ1) is 11.8. The molecule has 1 aromatic rings. The predicted molar refractivity (Wildman–Crippen MR) is 66.9 cm³/mol. The van der Waals surface area contributed by atoms with Gasteiger partial charge in [0.15, 0.2) is 0 Å². The van der Waals surface area contributed by atoms with Crippen molar-refractivity contribution in [3.05, 3.63) is 14.3 Å². The van der Waals surface area contributed by atoms with E-state index < -0.39 is 11.7 Å². The fourth-order valence-electron chi connectivity index (χ4n) is 0.795. The lowest BCUT2D eigenvalue weighted by atomic mass is 10.2. The molecule has 0 aliphatic rings. The summed E-state index contributed by atoms with van der Waals surface area (Å²) in [5, 5.41) is 4.61. The summed E-state index contributed by atoms with van der Waals surface area (Å²) < 4.78 is 6.17. The molecule has 0 spiro atoms. The number of hydrogen-bond donors (Lipinski definition) is 1. The normalized spacial score (nSPS) is 11.1. The van der Waals surface area contributed by atoms with E-state index in [1.54, 1.807) is 11.3 Å². The maximum atomic E-state index is 11.3. The van der Waals surface area contributed by atoms with Gasteiger partial charge in [-0.15, -0.1) is 11.3 Å². The van der Waals surface area contributed by atoms with Crippen LogP contribution in [-0.2, 0) is 4.74 Å². The van der Waals surface area contributed by atoms with Crippen LogP contribution in [0, 0.1) is 2.88 Å². The van der Waals surface area contributed by atoms with Crippen molar-refractivity contribution in [2.24, 2.45) is 0 Å². The maximum Gasteiger partial charge on any atom is 0.412 e. The average molecular weight is 325 g/mol. The zero-order chi connectivity index (χ0) is 10.8. The van der Waals surface area contributed by atoms with Crippen molar-refractivity contribution in [3.8, 4) is 0 Å². The number of ether oxygens (including phenoxy) is 1. The molecule has 0 saturated heterocycles. The number of thiophene rings is 1. The van der Waals surface area contributed by atoms with Crippen LogP contribution in [0.5, 0.6) is 0 Å². The van der Waals surface area contributed by atoms with Crippen LogP contribution in [-0.4, -0.2) is 11.7 Å². The minimum Gasteiger partial charge on any atom is -0.444 e. The molecule has 1 heterocycles. The van der Waals surface area contributed by atoms with Gasteiger partial charge in [-0.05, 0) is 54.8 Å². The Morgan fingerprint density at radius 3 is 2.64 bits per heavy atom. The third-order valence-corrected chi connectivity index (χ3v) is 3.30. The first-order chi connectivity index (χ1) is 6.38. The van der Waals surface area contributed by atoms with E-state index in [4.69, 9.17) is 4.74 Å². The molecule has 0 aliphatic carbocycles. The second-order valence-electron chi connectivity index (χ2n) is 3.73. The van der Waals surface area contributed by atoms with Gasteiger partial charge in [0, 0.05) is 0 Å². The summed E-state index contributed by atoms with van der Waals surface area (Å²) in [5.41, 5.74) is 0.357. The van der Waals surface area contributed by atoms with Gasteiger partial charge in [-0.2, -0.15) is 0 Å². The van der Waals surface area contributed by atoms with Gasteiger partial charge in [-0.3, -0.25) is 5.32 Å². The van der Waals surface area contributed by atoms with Gasteiger partial charge >= 0.3 is 6.09 Å². The van der Waals surface area contributed by atoms with Gasteiger partial charge < -0.3 is 4.74 Å². The van der Waals surface area contributed by atoms with Gasteiger partial charge in [-0.1, -0.05) is 0 Å². The molecule has 0 atom stereocenters. The molecule has 3 nitrogen and oxygen atoms in total. The molecule has 0 saturated carbocycles. The monoisotopic (exact) mass is 325 g/mol. The molecular formula is C9H12INO2S. The number of rotatable bonds is 1. The predicted octanol–water partition coefficient (Wildman–Crippen LogP) is 3.70. The number of amides is 1. The quantitative estimate of drug-likeness (QED) is 0.800. The van der Waals surface area contributed by atoms with Crippen LogP contribution < -0.4 is 5.32 Å². The van der Waals surface area contributed by atoms with Crippen LogP contribution in [0.4, 0.5) is 10.5 Å². The number of anilines is 1. The van der Waals surface area contributed by atoms with Crippen LogP contribution in [0.3, 0.4) is 0 Å². The smallest absolute Gasteiger partial charge is 0.412 e. The number of nitrogens with one attached hydrogen (secondary N) is 1.